The van der Waals surface area contributed by atoms with Gasteiger partial charge in [-0.25, -0.2) is 14.6 Å². The molecule has 0 bridgehead atoms. The maximum absolute atomic E-state index is 13.1. The number of fused-ring (bicyclic) bond motifs is 1. The molecule has 1 amide bonds. The van der Waals surface area contributed by atoms with Gasteiger partial charge in [0.15, 0.2) is 6.29 Å². The molecule has 3 heterocycles. The Balaban J connectivity index is 1.23. The Labute approximate surface area is 252 Å². The van der Waals surface area contributed by atoms with Crippen LogP contribution in [0.1, 0.15) is 67.1 Å². The van der Waals surface area contributed by atoms with Gasteiger partial charge in [-0.3, -0.25) is 4.79 Å². The number of ether oxygens (including phenoxy) is 3. The van der Waals surface area contributed by atoms with E-state index in [0.29, 0.717) is 11.4 Å². The van der Waals surface area contributed by atoms with E-state index in [2.05, 4.69) is 22.0 Å². The van der Waals surface area contributed by atoms with Crippen LogP contribution in [0.5, 0.6) is 0 Å². The van der Waals surface area contributed by atoms with Crippen LogP contribution >= 0.6 is 11.8 Å². The normalized spacial score (nSPS) is 21.3. The summed E-state index contributed by atoms with van der Waals surface area (Å²) in [5.41, 5.74) is 3.44. The molecule has 0 spiro atoms. The number of aliphatic hydroxyl groups excluding tert-OH is 1. The number of nitrogens with zero attached hydrogens (tertiary/aromatic N) is 1. The molecule has 2 N–H and O–H groups in total. The topological polar surface area (TPSA) is 124 Å². The van der Waals surface area contributed by atoms with Gasteiger partial charge in [0.2, 0.25) is 0 Å². The van der Waals surface area contributed by atoms with E-state index < -0.39 is 24.1 Å². The fourth-order valence-corrected chi connectivity index (χ4v) is 6.13. The van der Waals surface area contributed by atoms with E-state index in [1.165, 1.54) is 18.2 Å². The lowest BCUT2D eigenvalue weighted by molar-refractivity contribution is -0.268. The van der Waals surface area contributed by atoms with Crippen LogP contribution in [0.3, 0.4) is 0 Å². The van der Waals surface area contributed by atoms with Crippen LogP contribution in [0.2, 0.25) is 0 Å². The quantitative estimate of drug-likeness (QED) is 0.149. The van der Waals surface area contributed by atoms with Crippen LogP contribution in [0.25, 0.3) is 0 Å². The van der Waals surface area contributed by atoms with Gasteiger partial charge in [-0.2, -0.15) is 0 Å². The zero-order valence-corrected chi connectivity index (χ0v) is 24.0. The fourth-order valence-electron chi connectivity index (χ4n) is 5.10. The van der Waals surface area contributed by atoms with E-state index in [9.17, 15) is 19.5 Å². The van der Waals surface area contributed by atoms with Crippen molar-refractivity contribution in [3.8, 4) is 0 Å². The Morgan fingerprint density at radius 1 is 0.907 bits per heavy atom. The molecule has 0 aliphatic carbocycles. The molecule has 0 saturated carbocycles. The van der Waals surface area contributed by atoms with Crippen molar-refractivity contribution in [1.29, 1.82) is 0 Å². The molecule has 1 fully saturated rings. The molecule has 4 atom stereocenters. The molecular weight excluding hydrogens is 568 g/mol. The van der Waals surface area contributed by atoms with Crippen LogP contribution in [0.15, 0.2) is 96.2 Å². The Hall–Kier alpha value is -4.35. The summed E-state index contributed by atoms with van der Waals surface area (Å²) in [4.78, 5) is 41.2. The summed E-state index contributed by atoms with van der Waals surface area (Å²) >= 11 is 1.61. The second-order valence-electron chi connectivity index (χ2n) is 10.3. The molecule has 10 heteroatoms. The van der Waals surface area contributed by atoms with Gasteiger partial charge in [-0.05, 0) is 53.6 Å². The Kier molecular flexibility index (Phi) is 8.35. The first-order valence-corrected chi connectivity index (χ1v) is 14.7. The van der Waals surface area contributed by atoms with Gasteiger partial charge in [-0.1, -0.05) is 49.4 Å². The molecule has 1 saturated heterocycles. The highest BCUT2D eigenvalue weighted by molar-refractivity contribution is 7.99. The lowest BCUT2D eigenvalue weighted by atomic mass is 9.91. The van der Waals surface area contributed by atoms with E-state index in [1.807, 2.05) is 48.5 Å². The lowest BCUT2D eigenvalue weighted by Crippen LogP contribution is -2.38. The molecular formula is C33H28N2O7S. The first-order chi connectivity index (χ1) is 20.9. The molecule has 6 rings (SSSR count). The summed E-state index contributed by atoms with van der Waals surface area (Å²) < 4.78 is 17.7. The summed E-state index contributed by atoms with van der Waals surface area (Å²) in [6.07, 6.45) is 0.581. The number of anilines is 1. The third-order valence-corrected chi connectivity index (χ3v) is 8.51. The number of pyridine rings is 1. The highest BCUT2D eigenvalue weighted by Crippen LogP contribution is 2.43. The van der Waals surface area contributed by atoms with Crippen molar-refractivity contribution in [3.05, 3.63) is 125 Å². The second-order valence-corrected chi connectivity index (χ2v) is 11.4. The minimum atomic E-state index is -0.770. The number of amides is 1. The number of rotatable bonds is 8. The number of aromatic nitrogens is 1. The molecule has 218 valence electrons. The summed E-state index contributed by atoms with van der Waals surface area (Å²) in [5, 5.41) is 13.3. The highest BCUT2D eigenvalue weighted by atomic mass is 32.2. The summed E-state index contributed by atoms with van der Waals surface area (Å²) in [5.74, 6) is -1.27. The van der Waals surface area contributed by atoms with E-state index in [-0.39, 0.29) is 41.4 Å². The molecule has 0 radical (unpaired) electrons. The predicted octanol–water partition coefficient (Wildman–Crippen LogP) is 5.72. The first kappa shape index (κ1) is 28.8. The number of thioether (sulfide) groups is 1. The van der Waals surface area contributed by atoms with Crippen molar-refractivity contribution in [2.45, 2.75) is 37.1 Å². The lowest BCUT2D eigenvalue weighted by Gasteiger charge is -2.41. The molecule has 1 aromatic heterocycles. The first-order valence-electron chi connectivity index (χ1n) is 13.8. The number of benzene rings is 3. The number of carbonyl (C=O) groups excluding carboxylic acids is 3. The van der Waals surface area contributed by atoms with Crippen LogP contribution in [0.4, 0.5) is 5.69 Å². The van der Waals surface area contributed by atoms with Gasteiger partial charge in [0.1, 0.15) is 0 Å². The van der Waals surface area contributed by atoms with Crippen molar-refractivity contribution >= 4 is 35.3 Å². The fraction of sp³-hybridized carbons (Fsp3) is 0.212. The van der Waals surface area contributed by atoms with Crippen molar-refractivity contribution in [3.63, 3.8) is 0 Å². The molecule has 2 aliphatic heterocycles. The number of hydrogen-bond acceptors (Lipinski definition) is 9. The van der Waals surface area contributed by atoms with Gasteiger partial charge in [0.25, 0.3) is 5.91 Å². The monoisotopic (exact) mass is 596 g/mol. The standard InChI is InChI=1S/C33H28N2O7S/c1-19-27(18-43-28-7-2-3-14-34-28)40-33(41-29(19)21-10-8-20(17-36)9-11-21)23-5-4-6-24(15-23)35-30(37)22-12-13-25-26(16-22)32(39)42-31(25)38/h2-16,19,27,29,33,36H,17-18H2,1H3,(H,35,37). The molecule has 3 aromatic carbocycles. The maximum Gasteiger partial charge on any atom is 0.346 e. The van der Waals surface area contributed by atoms with Crippen LogP contribution in [0, 0.1) is 5.92 Å². The largest absolute Gasteiger partial charge is 0.392 e. The molecule has 9 nitrogen and oxygen atoms in total. The third-order valence-electron chi connectivity index (χ3n) is 7.48. The van der Waals surface area contributed by atoms with Gasteiger partial charge in [0, 0.05) is 34.7 Å². The number of nitrogens with one attached hydrogen (secondary N) is 1. The van der Waals surface area contributed by atoms with E-state index in [0.717, 1.165) is 21.7 Å². The maximum atomic E-state index is 13.1. The zero-order valence-electron chi connectivity index (χ0n) is 23.1. The van der Waals surface area contributed by atoms with Crippen molar-refractivity contribution in [1.82, 2.24) is 4.98 Å². The summed E-state index contributed by atoms with van der Waals surface area (Å²) in [7, 11) is 0. The van der Waals surface area contributed by atoms with E-state index in [1.54, 1.807) is 36.2 Å². The number of esters is 2. The van der Waals surface area contributed by atoms with Gasteiger partial charge in [-0.15, -0.1) is 11.8 Å². The summed E-state index contributed by atoms with van der Waals surface area (Å²) in [6, 6.07) is 25.0. The van der Waals surface area contributed by atoms with Gasteiger partial charge in [0.05, 0.1) is 35.0 Å². The number of cyclic esters (lactones) is 2. The highest BCUT2D eigenvalue weighted by Gasteiger charge is 2.38. The van der Waals surface area contributed by atoms with Crippen molar-refractivity contribution in [2.24, 2.45) is 5.92 Å². The smallest absolute Gasteiger partial charge is 0.346 e. The molecule has 43 heavy (non-hydrogen) atoms. The van der Waals surface area contributed by atoms with Gasteiger partial charge >= 0.3 is 11.9 Å². The summed E-state index contributed by atoms with van der Waals surface area (Å²) in [6.45, 7) is 2.06. The van der Waals surface area contributed by atoms with E-state index >= 15 is 0 Å². The zero-order chi connectivity index (χ0) is 29.9. The Bertz CT molecular complexity index is 1660. The van der Waals surface area contributed by atoms with Crippen LogP contribution < -0.4 is 5.32 Å². The van der Waals surface area contributed by atoms with Gasteiger partial charge < -0.3 is 24.6 Å². The third kappa shape index (κ3) is 6.23. The van der Waals surface area contributed by atoms with Crippen molar-refractivity contribution in [2.75, 3.05) is 11.1 Å². The minimum absolute atomic E-state index is 0.00806. The average Bonchev–Trinajstić information content (AvgIpc) is 3.33. The number of aliphatic hydroxyl groups is 1. The van der Waals surface area contributed by atoms with Crippen LogP contribution in [-0.4, -0.2) is 39.8 Å². The molecule has 4 aromatic rings. The second kappa shape index (κ2) is 12.5. The number of carbonyl (C=O) groups is 3. The predicted molar refractivity (Wildman–Crippen MR) is 159 cm³/mol. The van der Waals surface area contributed by atoms with Crippen molar-refractivity contribution < 1.29 is 33.7 Å². The average molecular weight is 597 g/mol. The molecule has 2 aliphatic rings. The number of hydrogen-bond donors (Lipinski definition) is 2. The Morgan fingerprint density at radius 2 is 1.72 bits per heavy atom. The minimum Gasteiger partial charge on any atom is -0.392 e. The van der Waals surface area contributed by atoms with Crippen LogP contribution in [-0.2, 0) is 20.8 Å². The molecule has 4 unspecified atom stereocenters. The van der Waals surface area contributed by atoms with E-state index in [4.69, 9.17) is 9.47 Å². The SMILES string of the molecule is CC1C(CSc2ccccn2)OC(c2cccc(NC(=O)c3ccc4c(c3)C(=O)OC4=O)c2)OC1c1ccc(CO)cc1. The Morgan fingerprint density at radius 3 is 2.49 bits per heavy atom.